The molecule has 22 heavy (non-hydrogen) atoms. The normalized spacial score (nSPS) is 10.9. The zero-order chi connectivity index (χ0) is 16.1. The van der Waals surface area contributed by atoms with Crippen molar-refractivity contribution in [3.05, 3.63) is 51.7 Å². The maximum absolute atomic E-state index is 13.5. The molecule has 0 radical (unpaired) electrons. The van der Waals surface area contributed by atoms with Gasteiger partial charge >= 0.3 is 0 Å². The summed E-state index contributed by atoms with van der Waals surface area (Å²) in [6.07, 6.45) is 2.30. The second-order valence-electron chi connectivity index (χ2n) is 5.64. The maximum Gasteiger partial charge on any atom is 0.163 e. The fourth-order valence-corrected chi connectivity index (χ4v) is 2.89. The molecule has 1 aromatic carbocycles. The van der Waals surface area contributed by atoms with Crippen LogP contribution in [-0.4, -0.2) is 16.6 Å². The van der Waals surface area contributed by atoms with Crippen molar-refractivity contribution in [3.8, 4) is 0 Å². The van der Waals surface area contributed by atoms with Gasteiger partial charge in [-0.15, -0.1) is 11.3 Å². The number of carbonyl (C=O) groups is 2. The number of aromatic nitrogens is 1. The van der Waals surface area contributed by atoms with E-state index in [4.69, 9.17) is 0 Å². The van der Waals surface area contributed by atoms with Crippen LogP contribution in [0, 0.1) is 11.7 Å². The fourth-order valence-electron chi connectivity index (χ4n) is 2.25. The molecule has 0 aliphatic carbocycles. The van der Waals surface area contributed by atoms with Crippen molar-refractivity contribution in [3.63, 3.8) is 0 Å². The van der Waals surface area contributed by atoms with Gasteiger partial charge in [-0.25, -0.2) is 9.37 Å². The van der Waals surface area contributed by atoms with Crippen molar-refractivity contribution >= 4 is 22.9 Å². The van der Waals surface area contributed by atoms with Crippen molar-refractivity contribution in [2.24, 2.45) is 5.92 Å². The Kier molecular flexibility index (Phi) is 5.55. The number of halogens is 1. The molecule has 5 heteroatoms. The molecule has 0 bridgehead atoms. The smallest absolute Gasteiger partial charge is 0.163 e. The SMILES string of the molecule is CC(C)CC(=O)c1ccc(F)cc1CC(=O)Cc1nccs1. The van der Waals surface area contributed by atoms with Gasteiger partial charge < -0.3 is 0 Å². The molecule has 0 fully saturated rings. The summed E-state index contributed by atoms with van der Waals surface area (Å²) in [5.74, 6) is -0.333. The summed E-state index contributed by atoms with van der Waals surface area (Å²) in [7, 11) is 0. The standard InChI is InChI=1S/C17H18FNO2S/c1-11(2)7-16(21)15-4-3-13(18)8-12(15)9-14(20)10-17-19-5-6-22-17/h3-6,8,11H,7,9-10H2,1-2H3. The average molecular weight is 319 g/mol. The van der Waals surface area contributed by atoms with Gasteiger partial charge in [0.25, 0.3) is 0 Å². The van der Waals surface area contributed by atoms with Crippen LogP contribution in [0.3, 0.4) is 0 Å². The molecule has 0 saturated carbocycles. The van der Waals surface area contributed by atoms with Gasteiger partial charge in [0.2, 0.25) is 0 Å². The van der Waals surface area contributed by atoms with Crippen LogP contribution in [0.4, 0.5) is 4.39 Å². The lowest BCUT2D eigenvalue weighted by atomic mass is 9.94. The second kappa shape index (κ2) is 7.40. The maximum atomic E-state index is 13.5. The topological polar surface area (TPSA) is 47.0 Å². The van der Waals surface area contributed by atoms with E-state index in [1.54, 1.807) is 6.20 Å². The Labute approximate surface area is 133 Å². The first-order valence-corrected chi connectivity index (χ1v) is 8.05. The van der Waals surface area contributed by atoms with Crippen LogP contribution < -0.4 is 0 Å². The van der Waals surface area contributed by atoms with Crippen LogP contribution in [0.1, 0.15) is 41.2 Å². The molecule has 0 amide bonds. The zero-order valence-electron chi connectivity index (χ0n) is 12.6. The van der Waals surface area contributed by atoms with Crippen LogP contribution in [0.5, 0.6) is 0 Å². The first-order valence-electron chi connectivity index (χ1n) is 7.17. The number of hydrogen-bond acceptors (Lipinski definition) is 4. The van der Waals surface area contributed by atoms with Gasteiger partial charge in [0.05, 0.1) is 11.4 Å². The summed E-state index contributed by atoms with van der Waals surface area (Å²) in [5.41, 5.74) is 0.912. The Hall–Kier alpha value is -1.88. The van der Waals surface area contributed by atoms with Crippen molar-refractivity contribution < 1.29 is 14.0 Å². The van der Waals surface area contributed by atoms with E-state index in [9.17, 15) is 14.0 Å². The van der Waals surface area contributed by atoms with E-state index in [1.807, 2.05) is 19.2 Å². The molecule has 1 aromatic heterocycles. The van der Waals surface area contributed by atoms with Crippen molar-refractivity contribution in [2.75, 3.05) is 0 Å². The summed E-state index contributed by atoms with van der Waals surface area (Å²) in [6.45, 7) is 3.91. The molecule has 0 spiro atoms. The third kappa shape index (κ3) is 4.56. The van der Waals surface area contributed by atoms with Crippen LogP contribution >= 0.6 is 11.3 Å². The van der Waals surface area contributed by atoms with Crippen LogP contribution in [0.15, 0.2) is 29.8 Å². The van der Waals surface area contributed by atoms with Gasteiger partial charge in [-0.2, -0.15) is 0 Å². The summed E-state index contributed by atoms with van der Waals surface area (Å²) >= 11 is 1.41. The number of carbonyl (C=O) groups excluding carboxylic acids is 2. The number of nitrogens with zero attached hydrogens (tertiary/aromatic N) is 1. The van der Waals surface area contributed by atoms with Crippen molar-refractivity contribution in [2.45, 2.75) is 33.1 Å². The van der Waals surface area contributed by atoms with Crippen molar-refractivity contribution in [1.82, 2.24) is 4.98 Å². The van der Waals surface area contributed by atoms with Gasteiger partial charge in [-0.3, -0.25) is 9.59 Å². The second-order valence-corrected chi connectivity index (χ2v) is 6.62. The molecule has 2 rings (SSSR count). The van der Waals surface area contributed by atoms with Gasteiger partial charge in [0.1, 0.15) is 11.6 Å². The molecule has 0 saturated heterocycles. The molecule has 116 valence electrons. The molecule has 3 nitrogen and oxygen atoms in total. The van der Waals surface area contributed by atoms with E-state index in [-0.39, 0.29) is 30.3 Å². The lowest BCUT2D eigenvalue weighted by Gasteiger charge is -2.10. The number of rotatable bonds is 7. The molecule has 0 unspecified atom stereocenters. The Morgan fingerprint density at radius 3 is 2.68 bits per heavy atom. The monoisotopic (exact) mass is 319 g/mol. The quantitative estimate of drug-likeness (QED) is 0.728. The average Bonchev–Trinajstić information content (AvgIpc) is 2.90. The van der Waals surface area contributed by atoms with Crippen LogP contribution in [-0.2, 0) is 17.6 Å². The number of ketones is 2. The molecule has 0 atom stereocenters. The van der Waals surface area contributed by atoms with Crippen molar-refractivity contribution in [1.29, 1.82) is 0 Å². The number of thiazole rings is 1. The lowest BCUT2D eigenvalue weighted by Crippen LogP contribution is -2.12. The van der Waals surface area contributed by atoms with E-state index in [2.05, 4.69) is 4.98 Å². The number of Topliss-reactive ketones (excluding diaryl/α,β-unsaturated/α-hetero) is 2. The van der Waals surface area contributed by atoms with E-state index >= 15 is 0 Å². The zero-order valence-corrected chi connectivity index (χ0v) is 13.5. The minimum atomic E-state index is -0.432. The molecular formula is C17H18FNO2S. The Morgan fingerprint density at radius 1 is 1.27 bits per heavy atom. The van der Waals surface area contributed by atoms with E-state index in [0.29, 0.717) is 17.5 Å². The van der Waals surface area contributed by atoms with E-state index < -0.39 is 5.82 Å². The van der Waals surface area contributed by atoms with Gasteiger partial charge in [-0.05, 0) is 29.7 Å². The van der Waals surface area contributed by atoms with Gasteiger partial charge in [-0.1, -0.05) is 13.8 Å². The summed E-state index contributed by atoms with van der Waals surface area (Å²) < 4.78 is 13.5. The highest BCUT2D eigenvalue weighted by molar-refractivity contribution is 7.09. The molecule has 0 aliphatic heterocycles. The predicted molar refractivity (Wildman–Crippen MR) is 84.7 cm³/mol. The first-order chi connectivity index (χ1) is 10.5. The van der Waals surface area contributed by atoms with Gasteiger partial charge in [0.15, 0.2) is 5.78 Å². The van der Waals surface area contributed by atoms with Crippen LogP contribution in [0.2, 0.25) is 0 Å². The Bertz CT molecular complexity index is 665. The highest BCUT2D eigenvalue weighted by Gasteiger charge is 2.16. The predicted octanol–water partition coefficient (Wildman–Crippen LogP) is 3.87. The molecular weight excluding hydrogens is 301 g/mol. The molecule has 0 aliphatic rings. The fraction of sp³-hybridized carbons (Fsp3) is 0.353. The Morgan fingerprint density at radius 2 is 2.05 bits per heavy atom. The van der Waals surface area contributed by atoms with E-state index in [0.717, 1.165) is 5.01 Å². The first kappa shape index (κ1) is 16.5. The minimum absolute atomic E-state index is 0.0490. The summed E-state index contributed by atoms with van der Waals surface area (Å²) in [6, 6.07) is 4.03. The highest BCUT2D eigenvalue weighted by atomic mass is 32.1. The lowest BCUT2D eigenvalue weighted by molar-refractivity contribution is -0.117. The third-order valence-electron chi connectivity index (χ3n) is 3.18. The van der Waals surface area contributed by atoms with Crippen LogP contribution in [0.25, 0.3) is 0 Å². The summed E-state index contributed by atoms with van der Waals surface area (Å²) in [5, 5.41) is 2.54. The molecule has 0 N–H and O–H groups in total. The molecule has 2 aromatic rings. The third-order valence-corrected chi connectivity index (χ3v) is 3.96. The van der Waals surface area contributed by atoms with Gasteiger partial charge in [0, 0.05) is 30.0 Å². The number of benzene rings is 1. The highest BCUT2D eigenvalue weighted by Crippen LogP contribution is 2.18. The number of hydrogen-bond donors (Lipinski definition) is 0. The summed E-state index contributed by atoms with van der Waals surface area (Å²) in [4.78, 5) is 28.4. The largest absolute Gasteiger partial charge is 0.299 e. The Balaban J connectivity index is 2.16. The minimum Gasteiger partial charge on any atom is -0.299 e. The van der Waals surface area contributed by atoms with E-state index in [1.165, 1.54) is 29.5 Å². The molecule has 1 heterocycles.